The second-order valence-corrected chi connectivity index (χ2v) is 8.63. The molecule has 11 heteroatoms. The number of nitrogens with zero attached hydrogens (tertiary/aromatic N) is 5. The highest BCUT2D eigenvalue weighted by molar-refractivity contribution is 5.81. The number of β-amino-alcohol motifs (C(OH)–C–C–N with tert-alkyl or cyclic N) is 1. The van der Waals surface area contributed by atoms with Crippen LogP contribution in [0.4, 0.5) is 22.9 Å². The summed E-state index contributed by atoms with van der Waals surface area (Å²) >= 11 is 0. The number of aliphatic hydroxyl groups is 4. The fraction of sp³-hybridized carbons (Fsp3) is 0.500. The summed E-state index contributed by atoms with van der Waals surface area (Å²) in [4.78, 5) is 30.2. The van der Waals surface area contributed by atoms with E-state index < -0.39 is 30.5 Å². The number of rotatable bonds is 6. The number of aliphatic hydroxyl groups excluding tert-OH is 4. The lowest BCUT2D eigenvalue weighted by atomic mass is 10.0. The Hall–Kier alpha value is -2.83. The van der Waals surface area contributed by atoms with Gasteiger partial charge in [-0.1, -0.05) is 6.58 Å². The van der Waals surface area contributed by atoms with E-state index in [-0.39, 0.29) is 23.2 Å². The molecule has 0 saturated carbocycles. The summed E-state index contributed by atoms with van der Waals surface area (Å²) in [5.74, 6) is 0.203. The number of anilines is 3. The highest BCUT2D eigenvalue weighted by Gasteiger charge is 2.31. The minimum Gasteiger partial charge on any atom is -0.394 e. The number of hydrogen-bond acceptors (Lipinski definition) is 10. The number of H-pyrrole nitrogens is 1. The molecule has 1 saturated heterocycles. The smallest absolute Gasteiger partial charge is 0.279 e. The van der Waals surface area contributed by atoms with Crippen LogP contribution in [0.2, 0.25) is 0 Å². The lowest BCUT2D eigenvalue weighted by Crippen LogP contribution is -2.49. The Morgan fingerprint density at radius 2 is 1.82 bits per heavy atom. The van der Waals surface area contributed by atoms with Gasteiger partial charge in [-0.2, -0.15) is 0 Å². The molecule has 3 heterocycles. The van der Waals surface area contributed by atoms with E-state index in [1.165, 1.54) is 0 Å². The fourth-order valence-corrected chi connectivity index (χ4v) is 4.23. The molecular formula is C22H30N6O5. The van der Waals surface area contributed by atoms with Crippen molar-refractivity contribution in [1.82, 2.24) is 14.9 Å². The van der Waals surface area contributed by atoms with E-state index in [4.69, 9.17) is 5.11 Å². The van der Waals surface area contributed by atoms with E-state index in [0.717, 1.165) is 37.4 Å². The summed E-state index contributed by atoms with van der Waals surface area (Å²) in [6.07, 6.45) is -4.54. The highest BCUT2D eigenvalue weighted by Crippen LogP contribution is 2.40. The molecule has 4 rings (SSSR count). The third-order valence-electron chi connectivity index (χ3n) is 6.19. The van der Waals surface area contributed by atoms with Crippen molar-refractivity contribution in [2.75, 3.05) is 56.2 Å². The van der Waals surface area contributed by atoms with Crippen molar-refractivity contribution in [3.05, 3.63) is 38.9 Å². The van der Waals surface area contributed by atoms with Crippen LogP contribution < -0.4 is 26.2 Å². The first kappa shape index (κ1) is 23.3. The van der Waals surface area contributed by atoms with E-state index in [1.54, 1.807) is 4.90 Å². The van der Waals surface area contributed by atoms with Gasteiger partial charge in [-0.05, 0) is 31.7 Å². The molecule has 1 fully saturated rings. The van der Waals surface area contributed by atoms with Gasteiger partial charge in [0.15, 0.2) is 11.2 Å². The van der Waals surface area contributed by atoms with Crippen molar-refractivity contribution in [3.8, 4) is 0 Å². The maximum Gasteiger partial charge on any atom is 0.279 e. The maximum atomic E-state index is 12.6. The quantitative estimate of drug-likeness (QED) is 0.323. The van der Waals surface area contributed by atoms with Crippen LogP contribution in [-0.2, 0) is 0 Å². The zero-order chi connectivity index (χ0) is 23.9. The Morgan fingerprint density at radius 1 is 1.12 bits per heavy atom. The van der Waals surface area contributed by atoms with E-state index >= 15 is 0 Å². The van der Waals surface area contributed by atoms with Crippen LogP contribution in [0.15, 0.2) is 21.9 Å². The van der Waals surface area contributed by atoms with Gasteiger partial charge in [0.2, 0.25) is 0 Å². The predicted octanol–water partition coefficient (Wildman–Crippen LogP) is -2.28. The van der Waals surface area contributed by atoms with E-state index in [0.29, 0.717) is 11.4 Å². The number of benzene rings is 1. The SMILES string of the molecule is C=c1nc2c(c(=O)[nH]1)=Nc1cc(C)c(N3CCN(C)CC3)cc1N2C[C@H](O)[C@H](O)[C@H](O)CO. The summed E-state index contributed by atoms with van der Waals surface area (Å²) < 4.78 is 0. The number of hydrogen-bond donors (Lipinski definition) is 5. The van der Waals surface area contributed by atoms with Crippen molar-refractivity contribution >= 4 is 29.5 Å². The Bertz CT molecular complexity index is 1190. The molecule has 0 radical (unpaired) electrons. The lowest BCUT2D eigenvalue weighted by molar-refractivity contribution is -0.0726. The molecule has 1 aromatic carbocycles. The van der Waals surface area contributed by atoms with Gasteiger partial charge in [0.25, 0.3) is 5.56 Å². The molecule has 0 bridgehead atoms. The molecule has 1 aromatic heterocycles. The van der Waals surface area contributed by atoms with Crippen molar-refractivity contribution in [1.29, 1.82) is 0 Å². The number of nitrogens with one attached hydrogen (secondary N) is 1. The molecule has 0 aliphatic carbocycles. The second-order valence-electron chi connectivity index (χ2n) is 8.63. The number of aryl methyl sites for hydroxylation is 1. The number of aromatic amines is 1. The molecule has 2 aliphatic heterocycles. The molecule has 0 unspecified atom stereocenters. The standard InChI is InChI=1S/C22H30N6O5/c1-12-8-14-16(9-15(12)27-6-4-26(3)5-7-27)28(10-17(30)20(32)18(31)11-29)21-19(25-14)22(33)24-13(2)23-21/h8-9,17-18,20,29-32H,2,4-7,10-11H2,1,3H3,(H,24,33)/t17-,18+,20-/m0/s1. The lowest BCUT2D eigenvalue weighted by Gasteiger charge is -2.37. The van der Waals surface area contributed by atoms with Crippen molar-refractivity contribution in [2.45, 2.75) is 25.2 Å². The number of fused-ring (bicyclic) bond motifs is 2. The van der Waals surface area contributed by atoms with Gasteiger partial charge in [-0.15, -0.1) is 0 Å². The maximum absolute atomic E-state index is 12.6. The van der Waals surface area contributed by atoms with Crippen LogP contribution in [0.25, 0.3) is 6.58 Å². The highest BCUT2D eigenvalue weighted by atomic mass is 16.4. The summed E-state index contributed by atoms with van der Waals surface area (Å²) in [5.41, 5.74) is 2.83. The van der Waals surface area contributed by atoms with Gasteiger partial charge in [0, 0.05) is 31.9 Å². The first-order chi connectivity index (χ1) is 15.7. The number of aromatic nitrogens is 2. The third kappa shape index (κ3) is 4.50. The fourth-order valence-electron chi connectivity index (χ4n) is 4.23. The number of piperazine rings is 1. The average Bonchev–Trinajstić information content (AvgIpc) is 2.78. The first-order valence-corrected chi connectivity index (χ1v) is 10.9. The van der Waals surface area contributed by atoms with Crippen LogP contribution in [0.3, 0.4) is 0 Å². The van der Waals surface area contributed by atoms with Crippen LogP contribution in [0, 0.1) is 6.92 Å². The van der Waals surface area contributed by atoms with E-state index in [1.807, 2.05) is 19.1 Å². The Labute approximate surface area is 190 Å². The molecule has 178 valence electrons. The minimum atomic E-state index is -1.59. The summed E-state index contributed by atoms with van der Waals surface area (Å²) in [6.45, 7) is 8.39. The Kier molecular flexibility index (Phi) is 6.50. The van der Waals surface area contributed by atoms with Crippen molar-refractivity contribution < 1.29 is 20.4 Å². The Balaban J connectivity index is 1.82. The predicted molar refractivity (Wildman–Crippen MR) is 124 cm³/mol. The largest absolute Gasteiger partial charge is 0.394 e. The number of likely N-dealkylation sites (N-methyl/N-ethyl adjacent to an activating group) is 1. The molecule has 2 aromatic rings. The van der Waals surface area contributed by atoms with Gasteiger partial charge in [0.05, 0.1) is 24.5 Å². The molecule has 11 nitrogen and oxygen atoms in total. The van der Waals surface area contributed by atoms with E-state index in [2.05, 4.69) is 38.4 Å². The summed E-state index contributed by atoms with van der Waals surface area (Å²) in [5, 5.41) is 39.9. The van der Waals surface area contributed by atoms with E-state index in [9.17, 15) is 20.1 Å². The van der Waals surface area contributed by atoms with Crippen molar-refractivity contribution in [3.63, 3.8) is 0 Å². The molecule has 3 atom stereocenters. The summed E-state index contributed by atoms with van der Waals surface area (Å²) in [7, 11) is 2.08. The van der Waals surface area contributed by atoms with Gasteiger partial charge in [-0.25, -0.2) is 9.98 Å². The zero-order valence-electron chi connectivity index (χ0n) is 18.8. The monoisotopic (exact) mass is 458 g/mol. The molecule has 0 spiro atoms. The molecule has 0 amide bonds. The second kappa shape index (κ2) is 9.20. The first-order valence-electron chi connectivity index (χ1n) is 10.9. The van der Waals surface area contributed by atoms with Crippen molar-refractivity contribution in [2.24, 2.45) is 4.99 Å². The van der Waals surface area contributed by atoms with Crippen LogP contribution in [-0.4, -0.2) is 100.0 Å². The average molecular weight is 459 g/mol. The Morgan fingerprint density at radius 3 is 2.48 bits per heavy atom. The molecule has 5 N–H and O–H groups in total. The van der Waals surface area contributed by atoms with Gasteiger partial charge < -0.3 is 40.1 Å². The van der Waals surface area contributed by atoms with Gasteiger partial charge in [-0.3, -0.25) is 4.79 Å². The normalized spacial score (nSPS) is 18.8. The molecule has 33 heavy (non-hydrogen) atoms. The van der Waals surface area contributed by atoms with Crippen LogP contribution in [0.1, 0.15) is 5.56 Å². The summed E-state index contributed by atoms with van der Waals surface area (Å²) in [6, 6.07) is 3.84. The van der Waals surface area contributed by atoms with Gasteiger partial charge in [0.1, 0.15) is 23.8 Å². The topological polar surface area (TPSA) is 149 Å². The van der Waals surface area contributed by atoms with Crippen LogP contribution >= 0.6 is 0 Å². The molecular weight excluding hydrogens is 428 g/mol. The molecule has 2 aliphatic rings. The van der Waals surface area contributed by atoms with Gasteiger partial charge >= 0.3 is 0 Å². The zero-order valence-corrected chi connectivity index (χ0v) is 18.8. The van der Waals surface area contributed by atoms with Crippen LogP contribution in [0.5, 0.6) is 0 Å². The minimum absolute atomic E-state index is 0.0750. The third-order valence-corrected chi connectivity index (χ3v) is 6.19.